The first-order valence-corrected chi connectivity index (χ1v) is 12.7. The summed E-state index contributed by atoms with van der Waals surface area (Å²) < 4.78 is 15.0. The second-order valence-electron chi connectivity index (χ2n) is 9.59. The Kier molecular flexibility index (Phi) is 9.09. The van der Waals surface area contributed by atoms with Crippen LogP contribution in [0.5, 0.6) is 0 Å². The number of ether oxygens (including phenoxy) is 2. The highest BCUT2D eigenvalue weighted by molar-refractivity contribution is 7.09. The SMILES string of the molecule is COC(=O)C[C@@H](C)c1ccc(N(CC(C)C)C2CCOCC2)c(Nc2nc(C(C)C)ns2)c1. The fourth-order valence-electron chi connectivity index (χ4n) is 4.13. The summed E-state index contributed by atoms with van der Waals surface area (Å²) in [5, 5.41) is 4.35. The van der Waals surface area contributed by atoms with E-state index in [1.807, 2.05) is 0 Å². The third-order valence-electron chi connectivity index (χ3n) is 5.99. The highest BCUT2D eigenvalue weighted by Crippen LogP contribution is 2.36. The van der Waals surface area contributed by atoms with Gasteiger partial charge in [-0.3, -0.25) is 4.79 Å². The Balaban J connectivity index is 1.99. The van der Waals surface area contributed by atoms with Crippen molar-refractivity contribution in [3.05, 3.63) is 29.6 Å². The van der Waals surface area contributed by atoms with Crippen LogP contribution in [-0.2, 0) is 14.3 Å². The third-order valence-corrected chi connectivity index (χ3v) is 6.64. The predicted octanol–water partition coefficient (Wildman–Crippen LogP) is 5.71. The van der Waals surface area contributed by atoms with E-state index in [2.05, 4.69) is 67.4 Å². The van der Waals surface area contributed by atoms with Crippen LogP contribution in [0.15, 0.2) is 18.2 Å². The topological polar surface area (TPSA) is 76.6 Å². The number of esters is 1. The van der Waals surface area contributed by atoms with E-state index in [-0.39, 0.29) is 17.8 Å². The minimum absolute atomic E-state index is 0.0503. The summed E-state index contributed by atoms with van der Waals surface area (Å²) in [6.45, 7) is 13.3. The largest absolute Gasteiger partial charge is 0.469 e. The van der Waals surface area contributed by atoms with Gasteiger partial charge in [0, 0.05) is 43.3 Å². The Labute approximate surface area is 202 Å². The Morgan fingerprint density at radius 1 is 1.24 bits per heavy atom. The lowest BCUT2D eigenvalue weighted by Crippen LogP contribution is -2.42. The number of nitrogens with one attached hydrogen (secondary N) is 1. The number of carbonyl (C=O) groups excluding carboxylic acids is 1. The Morgan fingerprint density at radius 2 is 1.97 bits per heavy atom. The molecule has 0 spiro atoms. The lowest BCUT2D eigenvalue weighted by Gasteiger charge is -2.38. The number of methoxy groups -OCH3 is 1. The molecule has 7 nitrogen and oxygen atoms in total. The molecule has 1 saturated heterocycles. The van der Waals surface area contributed by atoms with E-state index >= 15 is 0 Å². The van der Waals surface area contributed by atoms with Gasteiger partial charge in [0.05, 0.1) is 24.9 Å². The zero-order chi connectivity index (χ0) is 24.0. The molecule has 0 amide bonds. The first kappa shape index (κ1) is 25.4. The molecule has 2 aromatic rings. The second-order valence-corrected chi connectivity index (χ2v) is 10.3. The molecule has 1 aliphatic rings. The fraction of sp³-hybridized carbons (Fsp3) is 0.640. The first-order chi connectivity index (χ1) is 15.8. The Bertz CT molecular complexity index is 909. The van der Waals surface area contributed by atoms with Gasteiger partial charge in [0.15, 0.2) is 0 Å². The summed E-state index contributed by atoms with van der Waals surface area (Å²) in [6, 6.07) is 6.92. The molecule has 0 unspecified atom stereocenters. The van der Waals surface area contributed by atoms with Crippen molar-refractivity contribution in [1.29, 1.82) is 0 Å². The molecule has 1 N–H and O–H groups in total. The number of hydrogen-bond donors (Lipinski definition) is 1. The van der Waals surface area contributed by atoms with Gasteiger partial charge in [-0.15, -0.1) is 0 Å². The molecular formula is C25H38N4O3S. The second kappa shape index (κ2) is 11.8. The number of aromatic nitrogens is 2. The van der Waals surface area contributed by atoms with E-state index in [9.17, 15) is 4.79 Å². The van der Waals surface area contributed by atoms with Crippen molar-refractivity contribution in [2.45, 2.75) is 71.8 Å². The summed E-state index contributed by atoms with van der Waals surface area (Å²) in [5.74, 6) is 1.50. The molecule has 0 radical (unpaired) electrons. The van der Waals surface area contributed by atoms with E-state index in [1.54, 1.807) is 0 Å². The molecule has 0 saturated carbocycles. The van der Waals surface area contributed by atoms with Gasteiger partial charge in [0.25, 0.3) is 0 Å². The van der Waals surface area contributed by atoms with Gasteiger partial charge >= 0.3 is 5.97 Å². The van der Waals surface area contributed by atoms with Gasteiger partial charge in [-0.1, -0.05) is 40.7 Å². The number of nitrogens with zero attached hydrogens (tertiary/aromatic N) is 3. The lowest BCUT2D eigenvalue weighted by molar-refractivity contribution is -0.140. The minimum Gasteiger partial charge on any atom is -0.469 e. The zero-order valence-corrected chi connectivity index (χ0v) is 21.6. The summed E-state index contributed by atoms with van der Waals surface area (Å²) in [5.41, 5.74) is 3.26. The van der Waals surface area contributed by atoms with Gasteiger partial charge in [0.1, 0.15) is 5.82 Å². The molecule has 182 valence electrons. The van der Waals surface area contributed by atoms with E-state index in [0.29, 0.717) is 18.4 Å². The van der Waals surface area contributed by atoms with Crippen LogP contribution in [0.1, 0.15) is 77.1 Å². The van der Waals surface area contributed by atoms with Crippen molar-refractivity contribution in [3.8, 4) is 0 Å². The normalized spacial score (nSPS) is 15.6. The van der Waals surface area contributed by atoms with Crippen molar-refractivity contribution < 1.29 is 14.3 Å². The monoisotopic (exact) mass is 474 g/mol. The molecule has 1 fully saturated rings. The highest BCUT2D eigenvalue weighted by atomic mass is 32.1. The summed E-state index contributed by atoms with van der Waals surface area (Å²) in [7, 11) is 1.44. The van der Waals surface area contributed by atoms with Crippen LogP contribution in [0.4, 0.5) is 16.5 Å². The van der Waals surface area contributed by atoms with E-state index in [4.69, 9.17) is 14.5 Å². The van der Waals surface area contributed by atoms with Gasteiger partial charge in [-0.05, 0) is 42.4 Å². The van der Waals surface area contributed by atoms with Crippen LogP contribution in [0.3, 0.4) is 0 Å². The molecule has 0 bridgehead atoms. The van der Waals surface area contributed by atoms with Crippen molar-refractivity contribution in [1.82, 2.24) is 9.36 Å². The number of hydrogen-bond acceptors (Lipinski definition) is 8. The zero-order valence-electron chi connectivity index (χ0n) is 20.8. The number of rotatable bonds is 10. The number of anilines is 3. The Hall–Kier alpha value is -2.19. The van der Waals surface area contributed by atoms with E-state index in [1.165, 1.54) is 18.6 Å². The Morgan fingerprint density at radius 3 is 2.58 bits per heavy atom. The molecule has 2 heterocycles. The lowest BCUT2D eigenvalue weighted by atomic mass is 9.95. The maximum atomic E-state index is 11.9. The summed E-state index contributed by atoms with van der Waals surface area (Å²) in [4.78, 5) is 19.1. The smallest absolute Gasteiger partial charge is 0.306 e. The van der Waals surface area contributed by atoms with Crippen molar-refractivity contribution in [3.63, 3.8) is 0 Å². The van der Waals surface area contributed by atoms with Crippen molar-refractivity contribution in [2.24, 2.45) is 5.92 Å². The molecule has 33 heavy (non-hydrogen) atoms. The van der Waals surface area contributed by atoms with Crippen LogP contribution in [-0.4, -0.2) is 48.2 Å². The van der Waals surface area contributed by atoms with Gasteiger partial charge in [-0.2, -0.15) is 4.37 Å². The molecule has 1 atom stereocenters. The summed E-state index contributed by atoms with van der Waals surface area (Å²) in [6.07, 6.45) is 2.38. The number of benzene rings is 1. The van der Waals surface area contributed by atoms with Crippen molar-refractivity contribution in [2.75, 3.05) is 37.1 Å². The quantitative estimate of drug-likeness (QED) is 0.442. The average Bonchev–Trinajstić information content (AvgIpc) is 3.27. The molecular weight excluding hydrogens is 436 g/mol. The van der Waals surface area contributed by atoms with Crippen molar-refractivity contribution >= 4 is 34.0 Å². The molecule has 1 aromatic carbocycles. The van der Waals surface area contributed by atoms with Crippen LogP contribution in [0, 0.1) is 5.92 Å². The van der Waals surface area contributed by atoms with Crippen LogP contribution < -0.4 is 10.2 Å². The minimum atomic E-state index is -0.199. The van der Waals surface area contributed by atoms with Crippen LogP contribution >= 0.6 is 11.5 Å². The van der Waals surface area contributed by atoms with Crippen LogP contribution in [0.2, 0.25) is 0 Å². The first-order valence-electron chi connectivity index (χ1n) is 11.9. The predicted molar refractivity (Wildman–Crippen MR) is 135 cm³/mol. The summed E-state index contributed by atoms with van der Waals surface area (Å²) >= 11 is 1.39. The average molecular weight is 475 g/mol. The highest BCUT2D eigenvalue weighted by Gasteiger charge is 2.26. The third kappa shape index (κ3) is 6.90. The van der Waals surface area contributed by atoms with Gasteiger partial charge < -0.3 is 19.7 Å². The molecule has 1 aromatic heterocycles. The van der Waals surface area contributed by atoms with Gasteiger partial charge in [-0.25, -0.2) is 4.98 Å². The van der Waals surface area contributed by atoms with E-state index in [0.717, 1.165) is 60.5 Å². The molecule has 8 heteroatoms. The standard InChI is InChI=1S/C25H38N4O3S/c1-16(2)15-29(20-9-11-32-12-10-20)22-8-7-19(18(5)13-23(30)31-6)14-21(22)26-25-27-24(17(3)4)28-33-25/h7-8,14,16-18,20H,9-13,15H2,1-6H3,(H,26,27,28)/t18-/m1/s1. The maximum Gasteiger partial charge on any atom is 0.306 e. The molecule has 1 aliphatic heterocycles. The molecule has 0 aliphatic carbocycles. The maximum absolute atomic E-state index is 11.9. The fourth-order valence-corrected chi connectivity index (χ4v) is 4.85. The van der Waals surface area contributed by atoms with E-state index < -0.39 is 0 Å². The van der Waals surface area contributed by atoms with Crippen LogP contribution in [0.25, 0.3) is 0 Å². The van der Waals surface area contributed by atoms with Gasteiger partial charge in [0.2, 0.25) is 5.13 Å². The molecule has 3 rings (SSSR count). The number of carbonyl (C=O) groups is 1.